The zero-order valence-corrected chi connectivity index (χ0v) is 10.2. The second kappa shape index (κ2) is 5.21. The fourth-order valence-corrected chi connectivity index (χ4v) is 1.90. The second-order valence-electron chi connectivity index (χ2n) is 3.28. The minimum Gasteiger partial charge on any atom is -0.193 e. The van der Waals surface area contributed by atoms with Crippen LogP contribution in [0, 0.1) is 18.3 Å². The normalized spacial score (nSPS) is 11.9. The molecule has 0 aromatic heterocycles. The van der Waals surface area contributed by atoms with Crippen molar-refractivity contribution >= 4 is 28.2 Å². The minimum atomic E-state index is 0.491. The number of nitrogens with zero attached hydrogens (tertiary/aromatic N) is 1. The van der Waals surface area contributed by atoms with Crippen molar-refractivity contribution in [2.24, 2.45) is 0 Å². The number of hydrogen-bond donors (Lipinski definition) is 0. The van der Waals surface area contributed by atoms with Crippen LogP contribution in [0.1, 0.15) is 24.5 Å². The molecule has 0 saturated carbocycles. The molecule has 1 rings (SSSR count). The lowest BCUT2D eigenvalue weighted by Crippen LogP contribution is -1.85. The Morgan fingerprint density at radius 1 is 1.40 bits per heavy atom. The molecule has 0 saturated heterocycles. The van der Waals surface area contributed by atoms with Crippen LogP contribution in [-0.2, 0) is 0 Å². The van der Waals surface area contributed by atoms with Gasteiger partial charge in [-0.15, -0.1) is 0 Å². The first kappa shape index (κ1) is 12.1. The number of benzene rings is 1. The summed E-state index contributed by atoms with van der Waals surface area (Å²) in [5.74, 6) is 0. The zero-order valence-electron chi connectivity index (χ0n) is 8.64. The van der Waals surface area contributed by atoms with Crippen LogP contribution in [0.3, 0.4) is 0 Å². The van der Waals surface area contributed by atoms with Gasteiger partial charge in [0.2, 0.25) is 0 Å². The quantitative estimate of drug-likeness (QED) is 0.696. The SMILES string of the molecule is CC/C(C#N)=C(/Cl)c1cc(C)cc(Cl)c1. The maximum atomic E-state index is 8.87. The molecule has 0 bridgehead atoms. The summed E-state index contributed by atoms with van der Waals surface area (Å²) >= 11 is 12.0. The van der Waals surface area contributed by atoms with Gasteiger partial charge < -0.3 is 0 Å². The van der Waals surface area contributed by atoms with Crippen molar-refractivity contribution in [3.05, 3.63) is 39.9 Å². The van der Waals surface area contributed by atoms with Crippen molar-refractivity contribution in [1.82, 2.24) is 0 Å². The Labute approximate surface area is 99.9 Å². The van der Waals surface area contributed by atoms with Gasteiger partial charge in [0.1, 0.15) is 0 Å². The van der Waals surface area contributed by atoms with Gasteiger partial charge in [0.15, 0.2) is 0 Å². The van der Waals surface area contributed by atoms with E-state index in [1.807, 2.05) is 26.0 Å². The Balaban J connectivity index is 3.28. The first-order valence-electron chi connectivity index (χ1n) is 4.64. The van der Waals surface area contributed by atoms with E-state index in [1.165, 1.54) is 0 Å². The monoisotopic (exact) mass is 239 g/mol. The highest BCUT2D eigenvalue weighted by molar-refractivity contribution is 6.49. The van der Waals surface area contributed by atoms with Crippen molar-refractivity contribution in [2.75, 3.05) is 0 Å². The molecule has 0 spiro atoms. The van der Waals surface area contributed by atoms with Crippen molar-refractivity contribution in [1.29, 1.82) is 5.26 Å². The van der Waals surface area contributed by atoms with E-state index in [2.05, 4.69) is 6.07 Å². The molecule has 78 valence electrons. The first-order valence-corrected chi connectivity index (χ1v) is 5.40. The van der Waals surface area contributed by atoms with E-state index in [1.54, 1.807) is 6.07 Å². The maximum Gasteiger partial charge on any atom is 0.0962 e. The molecule has 1 aromatic carbocycles. The fraction of sp³-hybridized carbons (Fsp3) is 0.250. The lowest BCUT2D eigenvalue weighted by molar-refractivity contribution is 1.16. The zero-order chi connectivity index (χ0) is 11.4. The second-order valence-corrected chi connectivity index (χ2v) is 4.09. The summed E-state index contributed by atoms with van der Waals surface area (Å²) in [7, 11) is 0. The van der Waals surface area contributed by atoms with Crippen LogP contribution in [0.5, 0.6) is 0 Å². The first-order chi connectivity index (χ1) is 7.08. The van der Waals surface area contributed by atoms with Crippen molar-refractivity contribution in [2.45, 2.75) is 20.3 Å². The lowest BCUT2D eigenvalue weighted by atomic mass is 10.1. The Morgan fingerprint density at radius 2 is 2.07 bits per heavy atom. The van der Waals surface area contributed by atoms with Gasteiger partial charge >= 0.3 is 0 Å². The Hall–Kier alpha value is -0.970. The van der Waals surface area contributed by atoms with Crippen LogP contribution in [-0.4, -0.2) is 0 Å². The van der Waals surface area contributed by atoms with Crippen LogP contribution in [0.15, 0.2) is 23.8 Å². The predicted octanol–water partition coefficient (Wildman–Crippen LogP) is 4.53. The molecule has 15 heavy (non-hydrogen) atoms. The van der Waals surface area contributed by atoms with Gasteiger partial charge in [0.05, 0.1) is 11.1 Å². The number of aryl methyl sites for hydroxylation is 1. The van der Waals surface area contributed by atoms with E-state index < -0.39 is 0 Å². The molecule has 1 nitrogen and oxygen atoms in total. The van der Waals surface area contributed by atoms with Gasteiger partial charge in [-0.1, -0.05) is 36.2 Å². The van der Waals surface area contributed by atoms with Crippen molar-refractivity contribution in [3.63, 3.8) is 0 Å². The molecule has 0 fully saturated rings. The molecule has 0 unspecified atom stereocenters. The average molecular weight is 240 g/mol. The fourth-order valence-electron chi connectivity index (χ4n) is 1.32. The van der Waals surface area contributed by atoms with E-state index in [9.17, 15) is 0 Å². The third-order valence-electron chi connectivity index (χ3n) is 2.05. The molecule has 0 amide bonds. The van der Waals surface area contributed by atoms with Gasteiger partial charge in [-0.25, -0.2) is 0 Å². The summed E-state index contributed by atoms with van der Waals surface area (Å²) in [5, 5.41) is 10.00. The molecule has 0 atom stereocenters. The van der Waals surface area contributed by atoms with Crippen molar-refractivity contribution < 1.29 is 0 Å². The number of rotatable bonds is 2. The number of halogens is 2. The van der Waals surface area contributed by atoms with Crippen LogP contribution in [0.25, 0.3) is 5.03 Å². The molecule has 3 heteroatoms. The number of hydrogen-bond acceptors (Lipinski definition) is 1. The van der Waals surface area contributed by atoms with Gasteiger partial charge in [-0.3, -0.25) is 0 Å². The average Bonchev–Trinajstić information content (AvgIpc) is 2.18. The molecule has 0 radical (unpaired) electrons. The topological polar surface area (TPSA) is 23.8 Å². The van der Waals surface area contributed by atoms with E-state index >= 15 is 0 Å². The summed E-state index contributed by atoms with van der Waals surface area (Å²) in [5.41, 5.74) is 2.42. The Bertz CT molecular complexity index is 421. The molecule has 0 N–H and O–H groups in total. The highest BCUT2D eigenvalue weighted by atomic mass is 35.5. The van der Waals surface area contributed by atoms with E-state index in [4.69, 9.17) is 28.5 Å². The van der Waals surface area contributed by atoms with Crippen LogP contribution in [0.4, 0.5) is 0 Å². The van der Waals surface area contributed by atoms with Crippen LogP contribution >= 0.6 is 23.2 Å². The molecular weight excluding hydrogens is 229 g/mol. The maximum absolute atomic E-state index is 8.87. The summed E-state index contributed by atoms with van der Waals surface area (Å²) in [4.78, 5) is 0. The smallest absolute Gasteiger partial charge is 0.0962 e. The molecule has 0 heterocycles. The summed E-state index contributed by atoms with van der Waals surface area (Å²) in [6.07, 6.45) is 0.626. The van der Waals surface area contributed by atoms with Crippen molar-refractivity contribution in [3.8, 4) is 6.07 Å². The largest absolute Gasteiger partial charge is 0.193 e. The highest BCUT2D eigenvalue weighted by Gasteiger charge is 2.06. The third kappa shape index (κ3) is 2.99. The Morgan fingerprint density at radius 3 is 2.53 bits per heavy atom. The van der Waals surface area contributed by atoms with E-state index in [0.29, 0.717) is 22.0 Å². The number of allylic oxidation sites excluding steroid dienone is 1. The highest BCUT2D eigenvalue weighted by Crippen LogP contribution is 2.27. The van der Waals surface area contributed by atoms with Gasteiger partial charge in [0.25, 0.3) is 0 Å². The van der Waals surface area contributed by atoms with Gasteiger partial charge in [0, 0.05) is 10.6 Å². The molecule has 1 aromatic rings. The Kier molecular flexibility index (Phi) is 4.20. The summed E-state index contributed by atoms with van der Waals surface area (Å²) < 4.78 is 0. The minimum absolute atomic E-state index is 0.491. The molecule has 0 aliphatic rings. The van der Waals surface area contributed by atoms with Crippen LogP contribution < -0.4 is 0 Å². The van der Waals surface area contributed by atoms with Crippen LogP contribution in [0.2, 0.25) is 5.02 Å². The van der Waals surface area contributed by atoms with Gasteiger partial charge in [-0.05, 0) is 36.6 Å². The predicted molar refractivity (Wildman–Crippen MR) is 64.9 cm³/mol. The molecular formula is C12H11Cl2N. The van der Waals surface area contributed by atoms with E-state index in [0.717, 1.165) is 11.1 Å². The third-order valence-corrected chi connectivity index (χ3v) is 2.71. The summed E-state index contributed by atoms with van der Waals surface area (Å²) in [6.45, 7) is 3.84. The summed E-state index contributed by atoms with van der Waals surface area (Å²) in [6, 6.07) is 7.63. The number of nitriles is 1. The standard InChI is InChI=1S/C12H11Cl2N/c1-3-9(7-15)12(14)10-4-8(2)5-11(13)6-10/h4-6H,3H2,1-2H3/b12-9-. The van der Waals surface area contributed by atoms with E-state index in [-0.39, 0.29) is 0 Å². The molecule has 0 aliphatic carbocycles. The molecule has 0 aliphatic heterocycles. The van der Waals surface area contributed by atoms with Gasteiger partial charge in [-0.2, -0.15) is 5.26 Å². The lowest BCUT2D eigenvalue weighted by Gasteiger charge is -2.04.